The first-order chi connectivity index (χ1) is 13.4. The Morgan fingerprint density at radius 2 is 1.93 bits per heavy atom. The lowest BCUT2D eigenvalue weighted by Crippen LogP contribution is -2.50. The third-order valence-corrected chi connectivity index (χ3v) is 5.25. The summed E-state index contributed by atoms with van der Waals surface area (Å²) in [6, 6.07) is 12.0. The molecule has 1 atom stereocenters. The van der Waals surface area contributed by atoms with Crippen molar-refractivity contribution < 1.29 is 9.59 Å². The maximum atomic E-state index is 13.3. The van der Waals surface area contributed by atoms with E-state index in [-0.39, 0.29) is 30.6 Å². The summed E-state index contributed by atoms with van der Waals surface area (Å²) in [6.07, 6.45) is 2.07. The molecule has 2 heterocycles. The van der Waals surface area contributed by atoms with Crippen LogP contribution in [-0.2, 0) is 11.3 Å². The van der Waals surface area contributed by atoms with Crippen LogP contribution in [0.4, 0.5) is 4.79 Å². The lowest BCUT2D eigenvalue weighted by molar-refractivity contribution is -0.134. The highest BCUT2D eigenvalue weighted by molar-refractivity contribution is 5.85. The number of fused-ring (bicyclic) bond motifs is 1. The van der Waals surface area contributed by atoms with E-state index < -0.39 is 0 Å². The number of carbonyl (C=O) groups excluding carboxylic acids is 2. The van der Waals surface area contributed by atoms with Crippen molar-refractivity contribution in [3.05, 3.63) is 59.4 Å². The molecule has 1 aliphatic rings. The molecule has 150 valence electrons. The fraction of sp³-hybridized carbons (Fsp3) is 0.455. The van der Waals surface area contributed by atoms with Crippen LogP contribution in [-0.4, -0.2) is 52.0 Å². The second-order valence-corrected chi connectivity index (χ2v) is 7.59. The lowest BCUT2D eigenvalue weighted by atomic mass is 9.95. The van der Waals surface area contributed by atoms with Crippen LogP contribution in [0.1, 0.15) is 43.6 Å². The molecule has 2 aromatic rings. The largest absolute Gasteiger partial charge is 0.348 e. The molecule has 0 spiro atoms. The van der Waals surface area contributed by atoms with Crippen molar-refractivity contribution in [2.24, 2.45) is 0 Å². The molecule has 0 saturated heterocycles. The molecule has 0 unspecified atom stereocenters. The maximum Gasteiger partial charge on any atom is 0.318 e. The van der Waals surface area contributed by atoms with Crippen molar-refractivity contribution in [2.75, 3.05) is 19.6 Å². The van der Waals surface area contributed by atoms with Crippen LogP contribution >= 0.6 is 0 Å². The normalized spacial score (nSPS) is 16.0. The van der Waals surface area contributed by atoms with E-state index in [1.54, 1.807) is 4.90 Å². The molecule has 1 aromatic carbocycles. The number of nitrogens with one attached hydrogen (secondary N) is 1. The quantitative estimate of drug-likeness (QED) is 0.864. The molecule has 1 N–H and O–H groups in total. The predicted octanol–water partition coefficient (Wildman–Crippen LogP) is 3.17. The second kappa shape index (κ2) is 8.50. The van der Waals surface area contributed by atoms with E-state index in [0.717, 1.165) is 23.4 Å². The molecule has 0 radical (unpaired) electrons. The average molecular weight is 383 g/mol. The molecule has 1 aromatic heterocycles. The molecular formula is C22H30N4O2. The van der Waals surface area contributed by atoms with Gasteiger partial charge in [-0.2, -0.15) is 0 Å². The van der Waals surface area contributed by atoms with Crippen molar-refractivity contribution in [3.8, 4) is 0 Å². The van der Waals surface area contributed by atoms with Gasteiger partial charge in [-0.3, -0.25) is 4.79 Å². The monoisotopic (exact) mass is 382 g/mol. The first-order valence-electron chi connectivity index (χ1n) is 9.97. The molecule has 6 heteroatoms. The summed E-state index contributed by atoms with van der Waals surface area (Å²) in [5.74, 6) is -0.0264. The Balaban J connectivity index is 1.88. The number of amides is 3. The minimum Gasteiger partial charge on any atom is -0.348 e. The summed E-state index contributed by atoms with van der Waals surface area (Å²) in [5.41, 5.74) is 3.40. The highest BCUT2D eigenvalue weighted by Gasteiger charge is 2.33. The van der Waals surface area contributed by atoms with Crippen molar-refractivity contribution >= 4 is 11.9 Å². The number of aromatic nitrogens is 1. The van der Waals surface area contributed by atoms with E-state index in [4.69, 9.17) is 0 Å². The first-order valence-corrected chi connectivity index (χ1v) is 9.97. The van der Waals surface area contributed by atoms with Crippen LogP contribution in [0, 0.1) is 6.92 Å². The Labute approximate surface area is 167 Å². The van der Waals surface area contributed by atoms with Gasteiger partial charge in [0.05, 0.1) is 6.04 Å². The summed E-state index contributed by atoms with van der Waals surface area (Å²) in [4.78, 5) is 29.2. The first kappa shape index (κ1) is 20.0. The molecule has 0 fully saturated rings. The van der Waals surface area contributed by atoms with E-state index >= 15 is 0 Å². The average Bonchev–Trinajstić information content (AvgIpc) is 3.14. The number of hydrogen-bond donors (Lipinski definition) is 1. The molecule has 28 heavy (non-hydrogen) atoms. The third-order valence-electron chi connectivity index (χ3n) is 5.25. The summed E-state index contributed by atoms with van der Waals surface area (Å²) in [6.45, 7) is 9.77. The Bertz CT molecular complexity index is 843. The van der Waals surface area contributed by atoms with E-state index in [1.165, 1.54) is 0 Å². The number of hydrogen-bond acceptors (Lipinski definition) is 2. The maximum absolute atomic E-state index is 13.3. The van der Waals surface area contributed by atoms with Gasteiger partial charge in [0, 0.05) is 37.6 Å². The molecular weight excluding hydrogens is 352 g/mol. The Kier molecular flexibility index (Phi) is 6.07. The SMILES string of the molecule is CCN(CC(=O)N1CCn2cccc2[C@@H]1c1ccccc1C)C(=O)NC(C)C. The fourth-order valence-corrected chi connectivity index (χ4v) is 3.79. The van der Waals surface area contributed by atoms with Crippen LogP contribution in [0.5, 0.6) is 0 Å². The number of aryl methyl sites for hydroxylation is 1. The van der Waals surface area contributed by atoms with Gasteiger partial charge in [0.1, 0.15) is 6.54 Å². The van der Waals surface area contributed by atoms with E-state index in [0.29, 0.717) is 13.1 Å². The number of likely N-dealkylation sites (N-methyl/N-ethyl adjacent to an activating group) is 1. The van der Waals surface area contributed by atoms with Crippen LogP contribution in [0.2, 0.25) is 0 Å². The molecule has 1 aliphatic heterocycles. The van der Waals surface area contributed by atoms with E-state index in [1.807, 2.05) is 43.9 Å². The minimum absolute atomic E-state index is 0.0264. The minimum atomic E-state index is -0.196. The van der Waals surface area contributed by atoms with Gasteiger partial charge in [0.15, 0.2) is 0 Å². The van der Waals surface area contributed by atoms with Crippen molar-refractivity contribution in [2.45, 2.75) is 46.3 Å². The van der Waals surface area contributed by atoms with Crippen LogP contribution in [0.25, 0.3) is 0 Å². The summed E-state index contributed by atoms with van der Waals surface area (Å²) < 4.78 is 2.21. The summed E-state index contributed by atoms with van der Waals surface area (Å²) in [5, 5.41) is 2.88. The molecule has 0 bridgehead atoms. The fourth-order valence-electron chi connectivity index (χ4n) is 3.79. The number of carbonyl (C=O) groups is 2. The molecule has 3 amide bonds. The van der Waals surface area contributed by atoms with E-state index in [9.17, 15) is 9.59 Å². The molecule has 6 nitrogen and oxygen atoms in total. The smallest absolute Gasteiger partial charge is 0.318 e. The number of benzene rings is 1. The van der Waals surface area contributed by atoms with Gasteiger partial charge in [-0.1, -0.05) is 24.3 Å². The zero-order valence-corrected chi connectivity index (χ0v) is 17.2. The van der Waals surface area contributed by atoms with Crippen molar-refractivity contribution in [3.63, 3.8) is 0 Å². The topological polar surface area (TPSA) is 57.6 Å². The predicted molar refractivity (Wildman–Crippen MR) is 110 cm³/mol. The highest BCUT2D eigenvalue weighted by atomic mass is 16.2. The van der Waals surface area contributed by atoms with Gasteiger partial charge in [-0.05, 0) is 51.0 Å². The van der Waals surface area contributed by atoms with Crippen LogP contribution in [0.3, 0.4) is 0 Å². The van der Waals surface area contributed by atoms with Gasteiger partial charge < -0.3 is 19.7 Å². The zero-order chi connectivity index (χ0) is 20.3. The third kappa shape index (κ3) is 4.06. The number of nitrogens with zero attached hydrogens (tertiary/aromatic N) is 3. The van der Waals surface area contributed by atoms with Gasteiger partial charge in [-0.15, -0.1) is 0 Å². The standard InChI is InChI=1S/C22H30N4O2/c1-5-24(22(28)23-16(2)3)15-20(27)26-14-13-25-12-8-11-19(25)21(26)18-10-7-6-9-17(18)4/h6-12,16,21H,5,13-15H2,1-4H3,(H,23,28)/t21-/m0/s1. The number of urea groups is 1. The summed E-state index contributed by atoms with van der Waals surface area (Å²) in [7, 11) is 0. The second-order valence-electron chi connectivity index (χ2n) is 7.59. The molecule has 3 rings (SSSR count). The number of rotatable bonds is 5. The lowest BCUT2D eigenvalue weighted by Gasteiger charge is -2.39. The van der Waals surface area contributed by atoms with Gasteiger partial charge >= 0.3 is 6.03 Å². The molecule has 0 aliphatic carbocycles. The highest BCUT2D eigenvalue weighted by Crippen LogP contribution is 2.34. The van der Waals surface area contributed by atoms with Gasteiger partial charge in [0.25, 0.3) is 0 Å². The van der Waals surface area contributed by atoms with Crippen molar-refractivity contribution in [1.82, 2.24) is 19.7 Å². The van der Waals surface area contributed by atoms with Crippen LogP contribution in [0.15, 0.2) is 42.6 Å². The van der Waals surface area contributed by atoms with Gasteiger partial charge in [0.2, 0.25) is 5.91 Å². The molecule has 0 saturated carbocycles. The Hall–Kier alpha value is -2.76. The van der Waals surface area contributed by atoms with Crippen molar-refractivity contribution in [1.29, 1.82) is 0 Å². The Morgan fingerprint density at radius 1 is 1.18 bits per heavy atom. The summed E-state index contributed by atoms with van der Waals surface area (Å²) >= 11 is 0. The van der Waals surface area contributed by atoms with E-state index in [2.05, 4.69) is 41.2 Å². The van der Waals surface area contributed by atoms with Crippen LogP contribution < -0.4 is 5.32 Å². The van der Waals surface area contributed by atoms with Gasteiger partial charge in [-0.25, -0.2) is 4.79 Å². The zero-order valence-electron chi connectivity index (χ0n) is 17.2. The Morgan fingerprint density at radius 3 is 2.61 bits per heavy atom.